The molecule has 13 heteroatoms. The third kappa shape index (κ3) is 9.69. The van der Waals surface area contributed by atoms with Crippen LogP contribution in [0.1, 0.15) is 0 Å². The second kappa shape index (κ2) is 11.8. The van der Waals surface area contributed by atoms with Gasteiger partial charge in [0.2, 0.25) is 0 Å². The molecule has 3 atom stereocenters. The Kier molecular flexibility index (Phi) is 12.6. The molecule has 10 nitrogen and oxygen atoms in total. The van der Waals surface area contributed by atoms with Gasteiger partial charge >= 0.3 is 19.5 Å². The Morgan fingerprint density at radius 2 is 1.57 bits per heavy atom. The van der Waals surface area contributed by atoms with Crippen molar-refractivity contribution in [3.8, 4) is 0 Å². The van der Waals surface area contributed by atoms with Crippen LogP contribution in [0.25, 0.3) is 0 Å². The maximum atomic E-state index is 9.76. The summed E-state index contributed by atoms with van der Waals surface area (Å²) in [6, 6.07) is 0. The molecule has 0 aromatic carbocycles. The number of aliphatic hydroxyl groups is 4. The maximum absolute atomic E-state index is 9.76. The van der Waals surface area contributed by atoms with Gasteiger partial charge in [-0.3, -0.25) is 0 Å². The largest absolute Gasteiger partial charge is 2.00 e. The Bertz CT molecular complexity index is 425. The number of amidine groups is 2. The van der Waals surface area contributed by atoms with Crippen molar-refractivity contribution in [3.63, 3.8) is 0 Å². The Morgan fingerprint density at radius 3 is 2.00 bits per heavy atom. The monoisotopic (exact) mass is 425 g/mol. The summed E-state index contributed by atoms with van der Waals surface area (Å²) < 4.78 is 0. The molecule has 0 heterocycles. The maximum Gasteiger partial charge on any atom is 2.00 e. The third-order valence-electron chi connectivity index (χ3n) is 1.82. The number of nitrogens with two attached hydrogens (primary N) is 2. The quantitative estimate of drug-likeness (QED) is 0.0787. The van der Waals surface area contributed by atoms with Crippen LogP contribution in [-0.4, -0.2) is 67.6 Å². The molecule has 0 rings (SSSR count). The minimum absolute atomic E-state index is 0. The van der Waals surface area contributed by atoms with E-state index < -0.39 is 24.9 Å². The molecule has 0 spiro atoms. The average Bonchev–Trinajstić information content (AvgIpc) is 2.39. The van der Waals surface area contributed by atoms with Crippen LogP contribution < -0.4 is 11.5 Å². The molecule has 0 aromatic heterocycles. The van der Waals surface area contributed by atoms with Crippen LogP contribution in [0.3, 0.4) is 0 Å². The molecule has 0 bridgehead atoms. The van der Waals surface area contributed by atoms with Crippen LogP contribution in [-0.2, 0) is 44.7 Å². The van der Waals surface area contributed by atoms with E-state index in [0.29, 0.717) is 0 Å². The molecule has 121 valence electrons. The first kappa shape index (κ1) is 22.5. The van der Waals surface area contributed by atoms with Crippen LogP contribution in [0.2, 0.25) is 0 Å². The molecule has 0 saturated heterocycles. The van der Waals surface area contributed by atoms with E-state index in [9.17, 15) is 15.3 Å². The van der Waals surface area contributed by atoms with E-state index in [1.807, 2.05) is 0 Å². The summed E-state index contributed by atoms with van der Waals surface area (Å²) in [6.45, 7) is -0.771. The summed E-state index contributed by atoms with van der Waals surface area (Å²) in [4.78, 5) is 0. The fourth-order valence-corrected chi connectivity index (χ4v) is 0.995. The summed E-state index contributed by atoms with van der Waals surface area (Å²) >= 11 is 8.90. The summed E-state index contributed by atoms with van der Waals surface area (Å²) in [7, 11) is 0. The van der Waals surface area contributed by atoms with Gasteiger partial charge in [-0.05, 0) is 10.3 Å². The predicted octanol–water partition coefficient (Wildman–Crippen LogP) is -3.88. The molecule has 0 aliphatic rings. The van der Waals surface area contributed by atoms with Crippen molar-refractivity contribution < 1.29 is 39.9 Å². The van der Waals surface area contributed by atoms with E-state index in [1.54, 1.807) is 0 Å². The van der Waals surface area contributed by atoms with Gasteiger partial charge in [0.15, 0.2) is 0 Å². The SMILES string of the molecule is NC([S-])=NN=CC(=NN=C(N)[S-])C(O)C(O)C(O)CO.[Rh+2]. The molecule has 21 heavy (non-hydrogen) atoms. The van der Waals surface area contributed by atoms with Gasteiger partial charge in [-0.25, -0.2) is 0 Å². The molecule has 0 saturated carbocycles. The normalized spacial score (nSPS) is 18.2. The van der Waals surface area contributed by atoms with E-state index in [4.69, 9.17) is 16.6 Å². The van der Waals surface area contributed by atoms with Gasteiger partial charge in [-0.15, -0.1) is 0 Å². The summed E-state index contributed by atoms with van der Waals surface area (Å²) in [5, 5.41) is 50.0. The fraction of sp³-hybridized carbons (Fsp3) is 0.500. The molecule has 0 aliphatic heterocycles. The Morgan fingerprint density at radius 1 is 1.05 bits per heavy atom. The van der Waals surface area contributed by atoms with E-state index >= 15 is 0 Å². The molecule has 0 fully saturated rings. The second-order valence-corrected chi connectivity index (χ2v) is 4.17. The third-order valence-corrected chi connectivity index (χ3v) is 1.98. The van der Waals surface area contributed by atoms with Gasteiger partial charge in [0.05, 0.1) is 12.8 Å². The smallest absolute Gasteiger partial charge is 0.741 e. The van der Waals surface area contributed by atoms with Crippen molar-refractivity contribution >= 4 is 47.5 Å². The molecule has 0 aromatic rings. The molecule has 3 unspecified atom stereocenters. The zero-order valence-corrected chi connectivity index (χ0v) is 13.7. The van der Waals surface area contributed by atoms with Crippen LogP contribution in [0, 0.1) is 0 Å². The Balaban J connectivity index is 0. The van der Waals surface area contributed by atoms with Gasteiger partial charge in [-0.2, -0.15) is 20.4 Å². The van der Waals surface area contributed by atoms with Crippen molar-refractivity contribution in [2.45, 2.75) is 18.3 Å². The Hall–Kier alpha value is -0.817. The van der Waals surface area contributed by atoms with Crippen LogP contribution in [0.4, 0.5) is 0 Å². The van der Waals surface area contributed by atoms with Crippen molar-refractivity contribution in [2.24, 2.45) is 31.9 Å². The number of hydrogen-bond acceptors (Lipinski definition) is 10. The standard InChI is InChI=1S/C8H16N6O4S2.Rh/c9-7(19)13-11-1-3(12-14-8(10)20)5(17)6(18)4(16)2-15;/h1,4-6,15-18H,2H2,(H3,9,13,19)(H3,10,14,20);/q;+2/p-2. The van der Waals surface area contributed by atoms with E-state index in [0.717, 1.165) is 6.21 Å². The number of hydrogen-bond donors (Lipinski definition) is 6. The van der Waals surface area contributed by atoms with Crippen LogP contribution in [0.5, 0.6) is 0 Å². The molecular formula is C8H14N6O4RhS2. The second-order valence-electron chi connectivity index (χ2n) is 3.33. The van der Waals surface area contributed by atoms with E-state index in [-0.39, 0.29) is 35.5 Å². The van der Waals surface area contributed by atoms with Crippen molar-refractivity contribution in [1.29, 1.82) is 0 Å². The van der Waals surface area contributed by atoms with E-state index in [1.165, 1.54) is 0 Å². The fourth-order valence-electron chi connectivity index (χ4n) is 0.907. The van der Waals surface area contributed by atoms with Gasteiger partial charge in [0, 0.05) is 0 Å². The summed E-state index contributed by atoms with van der Waals surface area (Å²) in [5.41, 5.74) is 9.84. The first-order valence-electron chi connectivity index (χ1n) is 5.06. The van der Waals surface area contributed by atoms with Crippen molar-refractivity contribution in [1.82, 2.24) is 0 Å². The van der Waals surface area contributed by atoms with Gasteiger partial charge in [-0.1, -0.05) is 0 Å². The van der Waals surface area contributed by atoms with E-state index in [2.05, 4.69) is 45.7 Å². The van der Waals surface area contributed by atoms with Crippen molar-refractivity contribution in [2.75, 3.05) is 6.61 Å². The Labute approximate surface area is 144 Å². The molecule has 0 amide bonds. The molecule has 1 radical (unpaired) electrons. The molecule has 0 aliphatic carbocycles. The number of nitrogens with zero attached hydrogens (tertiary/aromatic N) is 4. The topological polar surface area (TPSA) is 182 Å². The van der Waals surface area contributed by atoms with Crippen molar-refractivity contribution in [3.05, 3.63) is 0 Å². The van der Waals surface area contributed by atoms with Gasteiger partial charge in [0.1, 0.15) is 24.0 Å². The molecular weight excluding hydrogens is 411 g/mol. The summed E-state index contributed by atoms with van der Waals surface area (Å²) in [5.74, 6) is 0. The minimum Gasteiger partial charge on any atom is -0.741 e. The number of rotatable bonds is 7. The van der Waals surface area contributed by atoms with Gasteiger partial charge in [0.25, 0.3) is 0 Å². The van der Waals surface area contributed by atoms with Crippen LogP contribution in [0.15, 0.2) is 20.4 Å². The van der Waals surface area contributed by atoms with Crippen LogP contribution >= 0.6 is 0 Å². The zero-order valence-electron chi connectivity index (χ0n) is 10.4. The molecule has 8 N–H and O–H groups in total. The predicted molar refractivity (Wildman–Crippen MR) is 79.0 cm³/mol. The first-order valence-corrected chi connectivity index (χ1v) is 5.87. The average molecular weight is 425 g/mol. The zero-order chi connectivity index (χ0) is 15.7. The van der Waals surface area contributed by atoms with Gasteiger partial charge < -0.3 is 57.2 Å². The number of aliphatic hydroxyl groups excluding tert-OH is 4. The minimum atomic E-state index is -1.74. The summed E-state index contributed by atoms with van der Waals surface area (Å²) in [6.07, 6.45) is -4.17. The first-order chi connectivity index (χ1) is 9.29.